The number of nitrogens with one attached hydrogen (secondary N) is 1. The van der Waals surface area contributed by atoms with Gasteiger partial charge < -0.3 is 14.5 Å². The van der Waals surface area contributed by atoms with Crippen LogP contribution in [0, 0.1) is 22.0 Å². The Hall–Kier alpha value is -3.16. The second kappa shape index (κ2) is 9.11. The summed E-state index contributed by atoms with van der Waals surface area (Å²) in [4.78, 5) is 35.1. The SMILES string of the molecule is C[C@@H]1[C@@H](C)CCC[C@H]1NC(=O)[C@H](C)OC(=O)c1ccc(-c2ccc([N+](=O)[O-])cc2)o1. The Bertz CT molecular complexity index is 920. The molecule has 0 unspecified atom stereocenters. The van der Waals surface area contributed by atoms with Crippen LogP contribution in [0.15, 0.2) is 40.8 Å². The molecule has 8 nitrogen and oxygen atoms in total. The standard InChI is InChI=1S/C22H26N2O6/c1-13-5-4-6-18(14(13)2)23-21(25)15(3)29-22(26)20-12-11-19(30-20)16-7-9-17(10-8-16)24(27)28/h7-15,18H,4-6H2,1-3H3,(H,23,25)/t13-,14+,15-,18+/m0/s1. The second-order valence-corrected chi connectivity index (χ2v) is 7.90. The van der Waals surface area contributed by atoms with Gasteiger partial charge in [0.1, 0.15) is 5.76 Å². The molecular formula is C22H26N2O6. The average molecular weight is 414 g/mol. The number of ether oxygens (including phenoxy) is 1. The van der Waals surface area contributed by atoms with Gasteiger partial charge in [0.25, 0.3) is 11.6 Å². The molecule has 0 saturated heterocycles. The van der Waals surface area contributed by atoms with Crippen LogP contribution in [0.2, 0.25) is 0 Å². The van der Waals surface area contributed by atoms with E-state index in [9.17, 15) is 19.7 Å². The quantitative estimate of drug-likeness (QED) is 0.427. The van der Waals surface area contributed by atoms with Crippen LogP contribution >= 0.6 is 0 Å². The predicted octanol–water partition coefficient (Wildman–Crippen LogP) is 4.34. The van der Waals surface area contributed by atoms with Gasteiger partial charge in [-0.1, -0.05) is 26.7 Å². The molecule has 1 amide bonds. The number of carbonyl (C=O) groups excluding carboxylic acids is 2. The number of amides is 1. The van der Waals surface area contributed by atoms with E-state index >= 15 is 0 Å². The molecule has 1 aromatic carbocycles. The van der Waals surface area contributed by atoms with Crippen LogP contribution in [0.4, 0.5) is 5.69 Å². The molecule has 160 valence electrons. The number of hydrogen-bond donors (Lipinski definition) is 1. The molecule has 1 aliphatic carbocycles. The van der Waals surface area contributed by atoms with Crippen molar-refractivity contribution < 1.29 is 23.7 Å². The maximum Gasteiger partial charge on any atom is 0.375 e. The Morgan fingerprint density at radius 1 is 1.17 bits per heavy atom. The van der Waals surface area contributed by atoms with E-state index in [-0.39, 0.29) is 23.4 Å². The molecule has 0 spiro atoms. The van der Waals surface area contributed by atoms with Crippen molar-refractivity contribution in [3.63, 3.8) is 0 Å². The number of rotatable bonds is 6. The number of carbonyl (C=O) groups is 2. The van der Waals surface area contributed by atoms with Crippen LogP contribution in [0.25, 0.3) is 11.3 Å². The molecule has 1 N–H and O–H groups in total. The van der Waals surface area contributed by atoms with E-state index in [2.05, 4.69) is 19.2 Å². The highest BCUT2D eigenvalue weighted by Crippen LogP contribution is 2.29. The van der Waals surface area contributed by atoms with Gasteiger partial charge in [-0.25, -0.2) is 4.79 Å². The van der Waals surface area contributed by atoms with Gasteiger partial charge in [0.05, 0.1) is 4.92 Å². The van der Waals surface area contributed by atoms with E-state index in [4.69, 9.17) is 9.15 Å². The summed E-state index contributed by atoms with van der Waals surface area (Å²) in [5, 5.41) is 13.7. The topological polar surface area (TPSA) is 112 Å². The number of furan rings is 1. The molecule has 1 aliphatic rings. The summed E-state index contributed by atoms with van der Waals surface area (Å²) in [7, 11) is 0. The van der Waals surface area contributed by atoms with Crippen LogP contribution in [0.3, 0.4) is 0 Å². The minimum atomic E-state index is -0.949. The first-order valence-electron chi connectivity index (χ1n) is 10.1. The number of non-ortho nitro benzene ring substituents is 1. The molecule has 0 bridgehead atoms. The monoisotopic (exact) mass is 414 g/mol. The van der Waals surface area contributed by atoms with Gasteiger partial charge in [0.2, 0.25) is 5.76 Å². The maximum absolute atomic E-state index is 12.5. The lowest BCUT2D eigenvalue weighted by Crippen LogP contribution is -2.47. The molecule has 2 aromatic rings. The normalized spacial score (nSPS) is 22.2. The van der Waals surface area contributed by atoms with Gasteiger partial charge in [-0.2, -0.15) is 0 Å². The smallest absolute Gasteiger partial charge is 0.375 e. The zero-order valence-electron chi connectivity index (χ0n) is 17.3. The van der Waals surface area contributed by atoms with Crippen LogP contribution < -0.4 is 5.32 Å². The summed E-state index contributed by atoms with van der Waals surface area (Å²) < 4.78 is 10.8. The summed E-state index contributed by atoms with van der Waals surface area (Å²) in [6.07, 6.45) is 2.21. The lowest BCUT2D eigenvalue weighted by molar-refractivity contribution is -0.384. The Balaban J connectivity index is 1.59. The molecule has 3 rings (SSSR count). The first-order chi connectivity index (χ1) is 14.3. The van der Waals surface area contributed by atoms with Crippen molar-refractivity contribution in [1.82, 2.24) is 5.32 Å². The van der Waals surface area contributed by atoms with Gasteiger partial charge in [-0.15, -0.1) is 0 Å². The molecule has 1 heterocycles. The molecule has 1 aromatic heterocycles. The number of benzene rings is 1. The summed E-state index contributed by atoms with van der Waals surface area (Å²) >= 11 is 0. The van der Waals surface area contributed by atoms with Crippen molar-refractivity contribution in [1.29, 1.82) is 0 Å². The first-order valence-corrected chi connectivity index (χ1v) is 10.1. The van der Waals surface area contributed by atoms with E-state index in [1.165, 1.54) is 37.3 Å². The summed E-state index contributed by atoms with van der Waals surface area (Å²) in [6, 6.07) is 8.90. The largest absolute Gasteiger partial charge is 0.449 e. The number of esters is 1. The fourth-order valence-corrected chi connectivity index (χ4v) is 3.71. The third-order valence-electron chi connectivity index (χ3n) is 5.86. The zero-order valence-corrected chi connectivity index (χ0v) is 17.3. The minimum absolute atomic E-state index is 0.0357. The van der Waals surface area contributed by atoms with E-state index in [1.54, 1.807) is 6.07 Å². The molecular weight excluding hydrogens is 388 g/mol. The van der Waals surface area contributed by atoms with Crippen LogP contribution in [-0.2, 0) is 9.53 Å². The highest BCUT2D eigenvalue weighted by atomic mass is 16.6. The van der Waals surface area contributed by atoms with Crippen LogP contribution in [-0.4, -0.2) is 28.9 Å². The molecule has 4 atom stereocenters. The van der Waals surface area contributed by atoms with Crippen molar-refractivity contribution in [2.75, 3.05) is 0 Å². The molecule has 8 heteroatoms. The van der Waals surface area contributed by atoms with Crippen molar-refractivity contribution in [3.05, 3.63) is 52.3 Å². The first kappa shape index (κ1) is 21.5. The van der Waals surface area contributed by atoms with Gasteiger partial charge in [-0.05, 0) is 49.4 Å². The Morgan fingerprint density at radius 3 is 2.53 bits per heavy atom. The van der Waals surface area contributed by atoms with Gasteiger partial charge in [-0.3, -0.25) is 14.9 Å². The zero-order chi connectivity index (χ0) is 21.8. The summed E-state index contributed by atoms with van der Waals surface area (Å²) in [5.74, 6) is 0.191. The van der Waals surface area contributed by atoms with Gasteiger partial charge in [0.15, 0.2) is 6.10 Å². The van der Waals surface area contributed by atoms with Crippen molar-refractivity contribution in [2.45, 2.75) is 52.2 Å². The highest BCUT2D eigenvalue weighted by molar-refractivity contribution is 5.90. The van der Waals surface area contributed by atoms with Crippen LogP contribution in [0.5, 0.6) is 0 Å². The minimum Gasteiger partial charge on any atom is -0.449 e. The lowest BCUT2D eigenvalue weighted by atomic mass is 9.78. The molecule has 1 saturated carbocycles. The van der Waals surface area contributed by atoms with Gasteiger partial charge in [0, 0.05) is 23.7 Å². The second-order valence-electron chi connectivity index (χ2n) is 7.90. The number of nitro groups is 1. The third-order valence-corrected chi connectivity index (χ3v) is 5.86. The van der Waals surface area contributed by atoms with Crippen molar-refractivity contribution in [3.8, 4) is 11.3 Å². The van der Waals surface area contributed by atoms with E-state index < -0.39 is 17.0 Å². The average Bonchev–Trinajstić information content (AvgIpc) is 3.22. The van der Waals surface area contributed by atoms with Crippen LogP contribution in [0.1, 0.15) is 50.6 Å². The lowest BCUT2D eigenvalue weighted by Gasteiger charge is -2.35. The summed E-state index contributed by atoms with van der Waals surface area (Å²) in [5.41, 5.74) is 0.553. The number of nitrogens with zero attached hydrogens (tertiary/aromatic N) is 1. The Morgan fingerprint density at radius 2 is 1.87 bits per heavy atom. The molecule has 0 radical (unpaired) electrons. The Kier molecular flexibility index (Phi) is 6.54. The Labute approximate surface area is 174 Å². The number of hydrogen-bond acceptors (Lipinski definition) is 6. The maximum atomic E-state index is 12.5. The fourth-order valence-electron chi connectivity index (χ4n) is 3.71. The fraction of sp³-hybridized carbons (Fsp3) is 0.455. The molecule has 1 fully saturated rings. The third kappa shape index (κ3) is 4.87. The van der Waals surface area contributed by atoms with Gasteiger partial charge >= 0.3 is 5.97 Å². The van der Waals surface area contributed by atoms with E-state index in [1.807, 2.05) is 0 Å². The van der Waals surface area contributed by atoms with E-state index in [0.29, 0.717) is 23.2 Å². The summed E-state index contributed by atoms with van der Waals surface area (Å²) in [6.45, 7) is 5.85. The van der Waals surface area contributed by atoms with E-state index in [0.717, 1.165) is 19.3 Å². The number of nitro benzene ring substituents is 1. The predicted molar refractivity (Wildman–Crippen MR) is 110 cm³/mol. The molecule has 30 heavy (non-hydrogen) atoms. The van der Waals surface area contributed by atoms with Crippen molar-refractivity contribution in [2.24, 2.45) is 11.8 Å². The molecule has 0 aliphatic heterocycles. The van der Waals surface area contributed by atoms with Crippen molar-refractivity contribution >= 4 is 17.6 Å². The highest BCUT2D eigenvalue weighted by Gasteiger charge is 2.30.